The van der Waals surface area contributed by atoms with Crippen LogP contribution in [0.4, 0.5) is 0 Å². The summed E-state index contributed by atoms with van der Waals surface area (Å²) in [5, 5.41) is 0. The van der Waals surface area contributed by atoms with Gasteiger partial charge in [0.25, 0.3) is 0 Å². The molecular formula is C19H25BrN2O2. The van der Waals surface area contributed by atoms with Gasteiger partial charge in [-0.3, -0.25) is 4.90 Å². The van der Waals surface area contributed by atoms with Gasteiger partial charge in [-0.25, -0.2) is 4.98 Å². The molecule has 0 bridgehead atoms. The Morgan fingerprint density at radius 1 is 1.33 bits per heavy atom. The lowest BCUT2D eigenvalue weighted by Gasteiger charge is -2.35. The molecule has 130 valence electrons. The number of nitrogens with zero attached hydrogens (tertiary/aromatic N) is 2. The van der Waals surface area contributed by atoms with E-state index in [4.69, 9.17) is 9.15 Å². The number of oxazole rings is 1. The lowest BCUT2D eigenvalue weighted by molar-refractivity contribution is -0.0465. The van der Waals surface area contributed by atoms with Crippen LogP contribution in [-0.2, 0) is 10.2 Å². The molecule has 2 heterocycles. The number of hydrogen-bond acceptors (Lipinski definition) is 4. The van der Waals surface area contributed by atoms with E-state index in [0.29, 0.717) is 6.61 Å². The summed E-state index contributed by atoms with van der Waals surface area (Å²) in [4.78, 5) is 6.90. The average molecular weight is 393 g/mol. The number of ether oxygens (including phenoxy) is 1. The van der Waals surface area contributed by atoms with Gasteiger partial charge in [0.05, 0.1) is 24.9 Å². The van der Waals surface area contributed by atoms with Crippen molar-refractivity contribution < 1.29 is 9.15 Å². The van der Waals surface area contributed by atoms with E-state index in [-0.39, 0.29) is 17.6 Å². The first-order valence-corrected chi connectivity index (χ1v) is 9.21. The Kier molecular flexibility index (Phi) is 5.13. The molecule has 1 aromatic carbocycles. The van der Waals surface area contributed by atoms with Crippen molar-refractivity contribution in [1.29, 1.82) is 0 Å². The monoisotopic (exact) mass is 392 g/mol. The van der Waals surface area contributed by atoms with Crippen LogP contribution in [0.2, 0.25) is 0 Å². The van der Waals surface area contributed by atoms with Crippen molar-refractivity contribution in [2.24, 2.45) is 0 Å². The SMILES string of the molecule is C[C@@H](c1ncc(C(C)(C)C)o1)N1CCO[C@@H](c2cccc(Br)c2)C1. The predicted octanol–water partition coefficient (Wildman–Crippen LogP) is 4.87. The average Bonchev–Trinajstić information content (AvgIpc) is 3.04. The van der Waals surface area contributed by atoms with Crippen molar-refractivity contribution in [1.82, 2.24) is 9.88 Å². The molecule has 4 nitrogen and oxygen atoms in total. The van der Waals surface area contributed by atoms with E-state index in [1.807, 2.05) is 12.3 Å². The highest BCUT2D eigenvalue weighted by molar-refractivity contribution is 9.10. The molecule has 0 amide bonds. The summed E-state index contributed by atoms with van der Waals surface area (Å²) in [6.07, 6.45) is 1.94. The molecule has 3 rings (SSSR count). The summed E-state index contributed by atoms with van der Waals surface area (Å²) >= 11 is 3.54. The zero-order chi connectivity index (χ0) is 17.3. The summed E-state index contributed by atoms with van der Waals surface area (Å²) in [5.74, 6) is 1.72. The molecule has 1 aliphatic rings. The first-order valence-electron chi connectivity index (χ1n) is 8.42. The zero-order valence-corrected chi connectivity index (χ0v) is 16.3. The van der Waals surface area contributed by atoms with Crippen LogP contribution in [-0.4, -0.2) is 29.6 Å². The molecule has 1 saturated heterocycles. The van der Waals surface area contributed by atoms with E-state index >= 15 is 0 Å². The fraction of sp³-hybridized carbons (Fsp3) is 0.526. The Labute approximate surface area is 152 Å². The maximum absolute atomic E-state index is 6.02. The summed E-state index contributed by atoms with van der Waals surface area (Å²) in [5.41, 5.74) is 1.18. The van der Waals surface area contributed by atoms with Crippen molar-refractivity contribution >= 4 is 15.9 Å². The lowest BCUT2D eigenvalue weighted by atomic mass is 9.94. The van der Waals surface area contributed by atoms with E-state index in [1.165, 1.54) is 5.56 Å². The molecule has 5 heteroatoms. The number of benzene rings is 1. The van der Waals surface area contributed by atoms with Crippen molar-refractivity contribution in [3.63, 3.8) is 0 Å². The normalized spacial score (nSPS) is 21.0. The minimum Gasteiger partial charge on any atom is -0.443 e. The minimum absolute atomic E-state index is 0.0190. The molecule has 1 aromatic heterocycles. The topological polar surface area (TPSA) is 38.5 Å². The molecule has 1 fully saturated rings. The van der Waals surface area contributed by atoms with Gasteiger partial charge in [0.1, 0.15) is 5.76 Å². The third-order valence-electron chi connectivity index (χ3n) is 4.49. The molecular weight excluding hydrogens is 368 g/mol. The van der Waals surface area contributed by atoms with Gasteiger partial charge in [-0.05, 0) is 24.6 Å². The van der Waals surface area contributed by atoms with Crippen LogP contribution in [0.15, 0.2) is 39.4 Å². The van der Waals surface area contributed by atoms with E-state index < -0.39 is 0 Å². The van der Waals surface area contributed by atoms with E-state index in [0.717, 1.165) is 29.2 Å². The number of morpholine rings is 1. The van der Waals surface area contributed by atoms with Crippen LogP contribution in [0.3, 0.4) is 0 Å². The van der Waals surface area contributed by atoms with Crippen molar-refractivity contribution in [2.75, 3.05) is 19.7 Å². The standard InChI is InChI=1S/C19H25BrN2O2/c1-13(18-21-11-17(24-18)19(2,3)4)22-8-9-23-16(12-22)14-6-5-7-15(20)10-14/h5-7,10-11,13,16H,8-9,12H2,1-4H3/t13-,16+/m0/s1. The number of aromatic nitrogens is 1. The van der Waals surface area contributed by atoms with Gasteiger partial charge in [-0.1, -0.05) is 48.8 Å². The predicted molar refractivity (Wildman–Crippen MR) is 98.0 cm³/mol. The minimum atomic E-state index is -0.0190. The first kappa shape index (κ1) is 17.6. The van der Waals surface area contributed by atoms with Gasteiger partial charge in [-0.2, -0.15) is 0 Å². The van der Waals surface area contributed by atoms with Crippen LogP contribution in [0.25, 0.3) is 0 Å². The van der Waals surface area contributed by atoms with Crippen LogP contribution in [0, 0.1) is 0 Å². The maximum atomic E-state index is 6.02. The molecule has 0 spiro atoms. The van der Waals surface area contributed by atoms with Gasteiger partial charge >= 0.3 is 0 Å². The Balaban J connectivity index is 1.73. The van der Waals surface area contributed by atoms with E-state index in [1.54, 1.807) is 0 Å². The quantitative estimate of drug-likeness (QED) is 0.746. The Hall–Kier alpha value is -1.17. The fourth-order valence-corrected chi connectivity index (χ4v) is 3.33. The molecule has 1 aliphatic heterocycles. The van der Waals surface area contributed by atoms with Crippen molar-refractivity contribution in [2.45, 2.75) is 45.3 Å². The highest BCUT2D eigenvalue weighted by Gasteiger charge is 2.29. The third-order valence-corrected chi connectivity index (χ3v) is 4.98. The van der Waals surface area contributed by atoms with Crippen LogP contribution in [0.1, 0.15) is 57.1 Å². The highest BCUT2D eigenvalue weighted by Crippen LogP contribution is 2.31. The summed E-state index contributed by atoms with van der Waals surface area (Å²) in [7, 11) is 0. The molecule has 0 aliphatic carbocycles. The van der Waals surface area contributed by atoms with Gasteiger partial charge < -0.3 is 9.15 Å². The van der Waals surface area contributed by atoms with Crippen LogP contribution in [0.5, 0.6) is 0 Å². The Morgan fingerprint density at radius 3 is 2.79 bits per heavy atom. The van der Waals surface area contributed by atoms with Gasteiger partial charge in [0.2, 0.25) is 5.89 Å². The molecule has 0 unspecified atom stereocenters. The Morgan fingerprint density at radius 2 is 2.12 bits per heavy atom. The van der Waals surface area contributed by atoms with E-state index in [9.17, 15) is 0 Å². The largest absolute Gasteiger partial charge is 0.443 e. The summed E-state index contributed by atoms with van der Waals surface area (Å²) in [6.45, 7) is 11.0. The second-order valence-electron chi connectivity index (χ2n) is 7.40. The molecule has 0 N–H and O–H groups in total. The second-order valence-corrected chi connectivity index (χ2v) is 8.31. The van der Waals surface area contributed by atoms with Crippen molar-refractivity contribution in [3.05, 3.63) is 52.1 Å². The fourth-order valence-electron chi connectivity index (χ4n) is 2.91. The molecule has 2 atom stereocenters. The van der Waals surface area contributed by atoms with Gasteiger partial charge in [0, 0.05) is 23.0 Å². The third kappa shape index (κ3) is 3.90. The van der Waals surface area contributed by atoms with Gasteiger partial charge in [-0.15, -0.1) is 0 Å². The van der Waals surface area contributed by atoms with Crippen LogP contribution >= 0.6 is 15.9 Å². The summed E-state index contributed by atoms with van der Waals surface area (Å²) in [6, 6.07) is 8.47. The Bertz CT molecular complexity index is 693. The van der Waals surface area contributed by atoms with Crippen molar-refractivity contribution in [3.8, 4) is 0 Å². The molecule has 2 aromatic rings. The van der Waals surface area contributed by atoms with E-state index in [2.05, 4.69) is 71.7 Å². The highest BCUT2D eigenvalue weighted by atomic mass is 79.9. The molecule has 0 saturated carbocycles. The second kappa shape index (κ2) is 6.98. The molecule has 0 radical (unpaired) electrons. The number of halogens is 1. The first-order chi connectivity index (χ1) is 11.3. The smallest absolute Gasteiger partial charge is 0.211 e. The lowest BCUT2D eigenvalue weighted by Crippen LogP contribution is -2.40. The van der Waals surface area contributed by atoms with Crippen LogP contribution < -0.4 is 0 Å². The maximum Gasteiger partial charge on any atom is 0.211 e. The number of hydrogen-bond donors (Lipinski definition) is 0. The van der Waals surface area contributed by atoms with Gasteiger partial charge in [0.15, 0.2) is 0 Å². The molecule has 24 heavy (non-hydrogen) atoms. The summed E-state index contributed by atoms with van der Waals surface area (Å²) < 4.78 is 13.1. The zero-order valence-electron chi connectivity index (χ0n) is 14.8. The number of rotatable bonds is 3.